The lowest BCUT2D eigenvalue weighted by molar-refractivity contribution is -0.141. The maximum Gasteiger partial charge on any atom is 0.306 e. The van der Waals surface area contributed by atoms with E-state index in [1.54, 1.807) is 0 Å². The molecular weight excluding hydrogens is 310 g/mol. The van der Waals surface area contributed by atoms with E-state index in [0.717, 1.165) is 15.7 Å². The molecule has 1 aromatic rings. The van der Waals surface area contributed by atoms with Crippen molar-refractivity contribution in [3.8, 4) is 0 Å². The van der Waals surface area contributed by atoms with Gasteiger partial charge in [0.05, 0.1) is 5.92 Å². The molecule has 1 saturated carbocycles. The van der Waals surface area contributed by atoms with Crippen molar-refractivity contribution in [3.05, 3.63) is 28.2 Å². The van der Waals surface area contributed by atoms with Crippen LogP contribution in [0.15, 0.2) is 22.7 Å². The number of hydrogen-bond acceptors (Lipinski definition) is 2. The van der Waals surface area contributed by atoms with Gasteiger partial charge in [0, 0.05) is 16.1 Å². The molecule has 102 valence electrons. The van der Waals surface area contributed by atoms with Gasteiger partial charge in [0.15, 0.2) is 0 Å². The molecule has 0 radical (unpaired) electrons. The van der Waals surface area contributed by atoms with Gasteiger partial charge in [0.1, 0.15) is 0 Å². The molecule has 0 aromatic heterocycles. The van der Waals surface area contributed by atoms with Crippen molar-refractivity contribution in [1.82, 2.24) is 0 Å². The molecule has 4 nitrogen and oxygen atoms in total. The molecule has 19 heavy (non-hydrogen) atoms. The van der Waals surface area contributed by atoms with Gasteiger partial charge in [-0.1, -0.05) is 22.0 Å². The molecule has 0 saturated heterocycles. The normalized spacial score (nSPS) is 22.2. The number of nitrogens with one attached hydrogen (secondary N) is 1. The van der Waals surface area contributed by atoms with Crippen molar-refractivity contribution in [1.29, 1.82) is 0 Å². The van der Waals surface area contributed by atoms with Crippen molar-refractivity contribution in [2.75, 3.05) is 5.32 Å². The largest absolute Gasteiger partial charge is 0.481 e. The van der Waals surface area contributed by atoms with E-state index in [0.29, 0.717) is 19.3 Å². The average molecular weight is 326 g/mol. The highest BCUT2D eigenvalue weighted by Crippen LogP contribution is 2.32. The third kappa shape index (κ3) is 3.35. The molecule has 1 aliphatic rings. The summed E-state index contributed by atoms with van der Waals surface area (Å²) in [5.41, 5.74) is 1.84. The van der Waals surface area contributed by atoms with Crippen LogP contribution >= 0.6 is 15.9 Å². The molecular formula is C14H16BrNO3. The topological polar surface area (TPSA) is 66.4 Å². The SMILES string of the molecule is Cc1ccc(NC(=O)C2CCC(C(=O)O)C2)cc1Br. The zero-order valence-corrected chi connectivity index (χ0v) is 12.2. The van der Waals surface area contributed by atoms with E-state index in [1.165, 1.54) is 0 Å². The quantitative estimate of drug-likeness (QED) is 0.896. The molecule has 0 spiro atoms. The van der Waals surface area contributed by atoms with Crippen molar-refractivity contribution in [2.45, 2.75) is 26.2 Å². The lowest BCUT2D eigenvalue weighted by Crippen LogP contribution is -2.21. The van der Waals surface area contributed by atoms with Crippen LogP contribution < -0.4 is 5.32 Å². The highest BCUT2D eigenvalue weighted by molar-refractivity contribution is 9.10. The Morgan fingerprint density at radius 1 is 1.32 bits per heavy atom. The minimum atomic E-state index is -0.798. The number of hydrogen-bond donors (Lipinski definition) is 2. The maximum atomic E-state index is 12.1. The molecule has 2 atom stereocenters. The van der Waals surface area contributed by atoms with Gasteiger partial charge in [0.2, 0.25) is 5.91 Å². The summed E-state index contributed by atoms with van der Waals surface area (Å²) >= 11 is 3.42. The Labute approximate surface area is 120 Å². The summed E-state index contributed by atoms with van der Waals surface area (Å²) in [6.07, 6.45) is 1.68. The molecule has 2 rings (SSSR count). The van der Waals surface area contributed by atoms with Crippen molar-refractivity contribution in [2.24, 2.45) is 11.8 Å². The lowest BCUT2D eigenvalue weighted by Gasteiger charge is -2.11. The Kier molecular flexibility index (Phi) is 4.24. The fraction of sp³-hybridized carbons (Fsp3) is 0.429. The van der Waals surface area contributed by atoms with Crippen LogP contribution in [-0.4, -0.2) is 17.0 Å². The summed E-state index contributed by atoms with van der Waals surface area (Å²) < 4.78 is 0.945. The highest BCUT2D eigenvalue weighted by Gasteiger charge is 2.33. The van der Waals surface area contributed by atoms with Crippen LogP contribution in [0.4, 0.5) is 5.69 Å². The Hall–Kier alpha value is -1.36. The monoisotopic (exact) mass is 325 g/mol. The number of carbonyl (C=O) groups excluding carboxylic acids is 1. The Bertz CT molecular complexity index is 515. The number of benzene rings is 1. The maximum absolute atomic E-state index is 12.1. The number of amides is 1. The minimum Gasteiger partial charge on any atom is -0.481 e. The fourth-order valence-corrected chi connectivity index (χ4v) is 2.74. The summed E-state index contributed by atoms with van der Waals surface area (Å²) in [4.78, 5) is 22.9. The number of aryl methyl sites for hydroxylation is 1. The van der Waals surface area contributed by atoms with Crippen LogP contribution in [0.5, 0.6) is 0 Å². The van der Waals surface area contributed by atoms with Crippen molar-refractivity contribution < 1.29 is 14.7 Å². The predicted molar refractivity (Wildman–Crippen MR) is 76.0 cm³/mol. The molecule has 0 aliphatic heterocycles. The van der Waals surface area contributed by atoms with Gasteiger partial charge in [-0.25, -0.2) is 0 Å². The summed E-state index contributed by atoms with van der Waals surface area (Å²) in [7, 11) is 0. The summed E-state index contributed by atoms with van der Waals surface area (Å²) in [6.45, 7) is 1.98. The number of halogens is 1. The Balaban J connectivity index is 1.98. The molecule has 5 heteroatoms. The molecule has 0 bridgehead atoms. The number of carboxylic acids is 1. The first-order valence-corrected chi connectivity index (χ1v) is 7.06. The molecule has 2 N–H and O–H groups in total. The zero-order chi connectivity index (χ0) is 14.0. The molecule has 1 aliphatic carbocycles. The van der Waals surface area contributed by atoms with E-state index in [-0.39, 0.29) is 17.7 Å². The summed E-state index contributed by atoms with van der Waals surface area (Å²) in [5, 5.41) is 11.8. The van der Waals surface area contributed by atoms with Crippen LogP contribution in [-0.2, 0) is 9.59 Å². The minimum absolute atomic E-state index is 0.0838. The smallest absolute Gasteiger partial charge is 0.306 e. The van der Waals surface area contributed by atoms with E-state index < -0.39 is 5.97 Å². The van der Waals surface area contributed by atoms with E-state index in [1.807, 2.05) is 25.1 Å². The number of rotatable bonds is 3. The van der Waals surface area contributed by atoms with Gasteiger partial charge < -0.3 is 10.4 Å². The van der Waals surface area contributed by atoms with Crippen LogP contribution in [0.2, 0.25) is 0 Å². The van der Waals surface area contributed by atoms with Crippen molar-refractivity contribution in [3.63, 3.8) is 0 Å². The van der Waals surface area contributed by atoms with E-state index in [9.17, 15) is 9.59 Å². The zero-order valence-electron chi connectivity index (χ0n) is 10.6. The van der Waals surface area contributed by atoms with Gasteiger partial charge >= 0.3 is 5.97 Å². The molecule has 1 fully saturated rings. The van der Waals surface area contributed by atoms with Crippen LogP contribution in [0, 0.1) is 18.8 Å². The van der Waals surface area contributed by atoms with Gasteiger partial charge in [-0.05, 0) is 43.9 Å². The van der Waals surface area contributed by atoms with Crippen LogP contribution in [0.25, 0.3) is 0 Å². The Morgan fingerprint density at radius 3 is 2.58 bits per heavy atom. The van der Waals surface area contributed by atoms with E-state index in [2.05, 4.69) is 21.2 Å². The number of carboxylic acid groups (broad SMARTS) is 1. The fourth-order valence-electron chi connectivity index (χ4n) is 2.36. The summed E-state index contributed by atoms with van der Waals surface area (Å²) in [5.74, 6) is -1.45. The van der Waals surface area contributed by atoms with Gasteiger partial charge in [-0.15, -0.1) is 0 Å². The van der Waals surface area contributed by atoms with E-state index >= 15 is 0 Å². The first-order chi connectivity index (χ1) is 8.97. The second-order valence-electron chi connectivity index (χ2n) is 5.00. The van der Waals surface area contributed by atoms with Gasteiger partial charge in [-0.3, -0.25) is 9.59 Å². The lowest BCUT2D eigenvalue weighted by atomic mass is 10.0. The van der Waals surface area contributed by atoms with Crippen molar-refractivity contribution >= 4 is 33.5 Å². The molecule has 2 unspecified atom stereocenters. The second kappa shape index (κ2) is 5.74. The van der Waals surface area contributed by atoms with Gasteiger partial charge in [0.25, 0.3) is 0 Å². The second-order valence-corrected chi connectivity index (χ2v) is 5.85. The van der Waals surface area contributed by atoms with Crippen LogP contribution in [0.1, 0.15) is 24.8 Å². The third-order valence-electron chi connectivity index (χ3n) is 3.59. The highest BCUT2D eigenvalue weighted by atomic mass is 79.9. The molecule has 1 aromatic carbocycles. The molecule has 0 heterocycles. The van der Waals surface area contributed by atoms with Crippen LogP contribution in [0.3, 0.4) is 0 Å². The standard InChI is InChI=1S/C14H16BrNO3/c1-8-2-5-11(7-12(8)15)16-13(17)9-3-4-10(6-9)14(18)19/h2,5,7,9-10H,3-4,6H2,1H3,(H,16,17)(H,18,19). The van der Waals surface area contributed by atoms with E-state index in [4.69, 9.17) is 5.11 Å². The Morgan fingerprint density at radius 2 is 2.00 bits per heavy atom. The number of anilines is 1. The number of carbonyl (C=O) groups is 2. The first-order valence-electron chi connectivity index (χ1n) is 6.27. The first kappa shape index (κ1) is 14.1. The number of aliphatic carboxylic acids is 1. The predicted octanol–water partition coefficient (Wildman–Crippen LogP) is 3.20. The average Bonchev–Trinajstić information content (AvgIpc) is 2.83. The van der Waals surface area contributed by atoms with Gasteiger partial charge in [-0.2, -0.15) is 0 Å². The third-order valence-corrected chi connectivity index (χ3v) is 4.45. The molecule has 1 amide bonds. The summed E-state index contributed by atoms with van der Waals surface area (Å²) in [6, 6.07) is 5.63.